The van der Waals surface area contributed by atoms with Gasteiger partial charge in [0.2, 0.25) is 0 Å². The Kier molecular flexibility index (Phi) is 12.1. The van der Waals surface area contributed by atoms with Crippen LogP contribution in [0.25, 0.3) is 0 Å². The van der Waals surface area contributed by atoms with E-state index in [2.05, 4.69) is 33.4 Å². The SMILES string of the molecule is C=C(C)[C@@H]1CCC(C)=C[C@H]1c1c(O)cc(CCCCC)cc1OC(=O)C1(OP(=O)(O)OCCCCCC)CCC1. The van der Waals surface area contributed by atoms with Crippen LogP contribution < -0.4 is 4.74 Å². The fourth-order valence-corrected chi connectivity index (χ4v) is 6.81. The van der Waals surface area contributed by atoms with Gasteiger partial charge in [-0.3, -0.25) is 9.05 Å². The van der Waals surface area contributed by atoms with Crippen molar-refractivity contribution < 1.29 is 33.1 Å². The third kappa shape index (κ3) is 8.55. The van der Waals surface area contributed by atoms with Gasteiger partial charge in [0.15, 0.2) is 5.60 Å². The largest absolute Gasteiger partial charge is 0.507 e. The second-order valence-corrected chi connectivity index (χ2v) is 13.1. The smallest absolute Gasteiger partial charge is 0.473 e. The molecule has 0 spiro atoms. The number of phenolic OH excluding ortho intramolecular Hbond substituents is 1. The number of benzene rings is 1. The van der Waals surface area contributed by atoms with Crippen LogP contribution in [0.15, 0.2) is 35.9 Å². The Morgan fingerprint density at radius 2 is 1.82 bits per heavy atom. The number of esters is 1. The summed E-state index contributed by atoms with van der Waals surface area (Å²) >= 11 is 0. The molecule has 0 aromatic heterocycles. The highest BCUT2D eigenvalue weighted by Crippen LogP contribution is 2.54. The summed E-state index contributed by atoms with van der Waals surface area (Å²) in [6.45, 7) is 12.6. The number of phosphoric acid groups is 1. The summed E-state index contributed by atoms with van der Waals surface area (Å²) in [6.07, 6.45) is 12.6. The van der Waals surface area contributed by atoms with Crippen molar-refractivity contribution in [3.05, 3.63) is 47.1 Å². The molecule has 2 aliphatic carbocycles. The number of aromatic hydroxyl groups is 1. The standard InChI is InChI=1S/C32H49O7P/c1-6-8-10-12-19-37-40(35,36)39-32(17-13-18-32)31(34)38-29-22-25(14-11-9-7-2)21-28(33)30(29)27-20-24(5)15-16-26(27)23(3)4/h20-22,26-27,33H,3,6-19H2,1-2,4-5H3,(H,35,36)/t26-,27+/m0/s1. The fourth-order valence-electron chi connectivity index (χ4n) is 5.70. The molecule has 3 atom stereocenters. The van der Waals surface area contributed by atoms with Crippen LogP contribution in [0.3, 0.4) is 0 Å². The average Bonchev–Trinajstić information content (AvgIpc) is 2.86. The normalized spacial score (nSPS) is 21.7. The molecular formula is C32H49O7P. The molecule has 1 unspecified atom stereocenters. The third-order valence-electron chi connectivity index (χ3n) is 8.24. The fraction of sp³-hybridized carbons (Fsp3) is 0.656. The quantitative estimate of drug-likeness (QED) is 0.0667. The van der Waals surface area contributed by atoms with Crippen LogP contribution in [-0.2, 0) is 24.8 Å². The molecule has 2 N–H and O–H groups in total. The van der Waals surface area contributed by atoms with E-state index in [1.807, 2.05) is 13.0 Å². The first-order valence-electron chi connectivity index (χ1n) is 15.1. The number of phosphoric ester groups is 1. The summed E-state index contributed by atoms with van der Waals surface area (Å²) in [5.74, 6) is -0.469. The van der Waals surface area contributed by atoms with Crippen molar-refractivity contribution in [2.45, 2.75) is 123 Å². The topological polar surface area (TPSA) is 102 Å². The Balaban J connectivity index is 1.90. The van der Waals surface area contributed by atoms with E-state index in [0.29, 0.717) is 18.4 Å². The van der Waals surface area contributed by atoms with E-state index in [1.165, 1.54) is 5.57 Å². The van der Waals surface area contributed by atoms with Gasteiger partial charge in [-0.1, -0.05) is 69.8 Å². The van der Waals surface area contributed by atoms with Gasteiger partial charge in [0.25, 0.3) is 0 Å². The molecular weight excluding hydrogens is 527 g/mol. The molecule has 1 saturated carbocycles. The van der Waals surface area contributed by atoms with Crippen LogP contribution in [0.4, 0.5) is 0 Å². The molecule has 7 nitrogen and oxygen atoms in total. The van der Waals surface area contributed by atoms with Gasteiger partial charge in [-0.05, 0) is 88.8 Å². The second-order valence-electron chi connectivity index (χ2n) is 11.7. The lowest BCUT2D eigenvalue weighted by Gasteiger charge is -2.39. The number of allylic oxidation sites excluding steroid dienone is 3. The number of carbonyl (C=O) groups is 1. The maximum absolute atomic E-state index is 13.7. The molecule has 8 heteroatoms. The minimum absolute atomic E-state index is 0.0886. The molecule has 1 aromatic carbocycles. The Hall–Kier alpha value is -1.92. The minimum atomic E-state index is -4.46. The molecule has 0 heterocycles. The van der Waals surface area contributed by atoms with E-state index in [0.717, 1.165) is 68.9 Å². The highest BCUT2D eigenvalue weighted by atomic mass is 31.2. The van der Waals surface area contributed by atoms with E-state index in [4.69, 9.17) is 13.8 Å². The van der Waals surface area contributed by atoms with Crippen LogP contribution in [0.5, 0.6) is 11.5 Å². The lowest BCUT2D eigenvalue weighted by atomic mass is 9.73. The van der Waals surface area contributed by atoms with E-state index < -0.39 is 19.4 Å². The molecule has 224 valence electrons. The van der Waals surface area contributed by atoms with Crippen molar-refractivity contribution in [2.75, 3.05) is 6.61 Å². The van der Waals surface area contributed by atoms with E-state index in [-0.39, 0.29) is 42.8 Å². The van der Waals surface area contributed by atoms with Crippen molar-refractivity contribution >= 4 is 13.8 Å². The Bertz CT molecular complexity index is 1100. The predicted octanol–water partition coefficient (Wildman–Crippen LogP) is 8.68. The van der Waals surface area contributed by atoms with Crippen molar-refractivity contribution in [2.24, 2.45) is 5.92 Å². The maximum atomic E-state index is 13.7. The Labute approximate surface area is 240 Å². The van der Waals surface area contributed by atoms with Crippen LogP contribution in [-0.4, -0.2) is 28.2 Å². The van der Waals surface area contributed by atoms with E-state index >= 15 is 0 Å². The molecule has 0 saturated heterocycles. The molecule has 40 heavy (non-hydrogen) atoms. The van der Waals surface area contributed by atoms with Crippen LogP contribution in [0.2, 0.25) is 0 Å². The van der Waals surface area contributed by atoms with Gasteiger partial charge in [0.05, 0.1) is 6.61 Å². The molecule has 3 rings (SSSR count). The molecule has 2 aliphatic rings. The molecule has 0 bridgehead atoms. The zero-order valence-electron chi connectivity index (χ0n) is 24.9. The predicted molar refractivity (Wildman–Crippen MR) is 159 cm³/mol. The number of rotatable bonds is 16. The zero-order chi connectivity index (χ0) is 29.3. The summed E-state index contributed by atoms with van der Waals surface area (Å²) < 4.78 is 29.5. The summed E-state index contributed by atoms with van der Waals surface area (Å²) in [6, 6.07) is 3.62. The number of unbranched alkanes of at least 4 members (excludes halogenated alkanes) is 5. The number of hydrogen-bond donors (Lipinski definition) is 2. The summed E-state index contributed by atoms with van der Waals surface area (Å²) in [5.41, 5.74) is 2.10. The van der Waals surface area contributed by atoms with E-state index in [9.17, 15) is 19.4 Å². The lowest BCUT2D eigenvalue weighted by molar-refractivity contribution is -0.162. The van der Waals surface area contributed by atoms with E-state index in [1.54, 1.807) is 6.07 Å². The van der Waals surface area contributed by atoms with Crippen molar-refractivity contribution in [3.8, 4) is 11.5 Å². The number of carbonyl (C=O) groups excluding carboxylic acids is 1. The van der Waals surface area contributed by atoms with Gasteiger partial charge in [-0.15, -0.1) is 0 Å². The number of ether oxygens (including phenoxy) is 1. The number of aryl methyl sites for hydroxylation is 1. The summed E-state index contributed by atoms with van der Waals surface area (Å²) in [5, 5.41) is 11.3. The number of phenols is 1. The highest BCUT2D eigenvalue weighted by Gasteiger charge is 2.52. The van der Waals surface area contributed by atoms with Crippen molar-refractivity contribution in [3.63, 3.8) is 0 Å². The summed E-state index contributed by atoms with van der Waals surface area (Å²) in [7, 11) is -4.46. The lowest BCUT2D eigenvalue weighted by Crippen LogP contribution is -2.49. The zero-order valence-corrected chi connectivity index (χ0v) is 25.8. The van der Waals surface area contributed by atoms with Crippen LogP contribution in [0.1, 0.15) is 122 Å². The molecule has 0 radical (unpaired) electrons. The maximum Gasteiger partial charge on any atom is 0.473 e. The molecule has 0 amide bonds. The second kappa shape index (κ2) is 14.8. The number of hydrogen-bond acceptors (Lipinski definition) is 6. The third-order valence-corrected chi connectivity index (χ3v) is 9.33. The van der Waals surface area contributed by atoms with Crippen molar-refractivity contribution in [1.29, 1.82) is 0 Å². The molecule has 1 fully saturated rings. The van der Waals surface area contributed by atoms with Crippen LogP contribution >= 0.6 is 7.82 Å². The van der Waals surface area contributed by atoms with Gasteiger partial charge < -0.3 is 14.7 Å². The first kappa shape index (κ1) is 32.6. The van der Waals surface area contributed by atoms with Crippen molar-refractivity contribution in [1.82, 2.24) is 0 Å². The highest BCUT2D eigenvalue weighted by molar-refractivity contribution is 7.47. The van der Waals surface area contributed by atoms with Gasteiger partial charge in [-0.25, -0.2) is 9.36 Å². The Morgan fingerprint density at radius 3 is 2.45 bits per heavy atom. The monoisotopic (exact) mass is 576 g/mol. The molecule has 0 aliphatic heterocycles. The van der Waals surface area contributed by atoms with Crippen LogP contribution in [0, 0.1) is 5.92 Å². The van der Waals surface area contributed by atoms with Gasteiger partial charge >= 0.3 is 13.8 Å². The minimum Gasteiger partial charge on any atom is -0.507 e. The van der Waals surface area contributed by atoms with Gasteiger partial charge in [-0.2, -0.15) is 0 Å². The summed E-state index contributed by atoms with van der Waals surface area (Å²) in [4.78, 5) is 24.1. The van der Waals surface area contributed by atoms with Gasteiger partial charge in [0, 0.05) is 11.5 Å². The van der Waals surface area contributed by atoms with Gasteiger partial charge in [0.1, 0.15) is 11.5 Å². The molecule has 1 aromatic rings. The first-order valence-corrected chi connectivity index (χ1v) is 16.6. The first-order chi connectivity index (χ1) is 19.0. The average molecular weight is 577 g/mol. The Morgan fingerprint density at radius 1 is 1.12 bits per heavy atom.